The van der Waals surface area contributed by atoms with Crippen LogP contribution in [-0.2, 0) is 20.9 Å². The molecule has 0 saturated carbocycles. The molecule has 0 aliphatic heterocycles. The van der Waals surface area contributed by atoms with E-state index in [9.17, 15) is 24.6 Å². The summed E-state index contributed by atoms with van der Waals surface area (Å²) in [5.41, 5.74) is 6.49. The molecule has 1 aromatic rings. The third-order valence-electron chi connectivity index (χ3n) is 5.37. The van der Waals surface area contributed by atoms with Crippen molar-refractivity contribution in [1.82, 2.24) is 16.0 Å². The molecule has 11 nitrogen and oxygen atoms in total. The first kappa shape index (κ1) is 31.5. The molecule has 0 bridgehead atoms. The molecule has 12 heteroatoms. The van der Waals surface area contributed by atoms with Gasteiger partial charge in [0.2, 0.25) is 11.8 Å². The second kappa shape index (κ2) is 15.6. The summed E-state index contributed by atoms with van der Waals surface area (Å²) in [5, 5.41) is 29.1. The van der Waals surface area contributed by atoms with Crippen LogP contribution in [0.1, 0.15) is 32.3 Å². The highest BCUT2D eigenvalue weighted by atomic mass is 28.3. The van der Waals surface area contributed by atoms with E-state index in [1.165, 1.54) is 0 Å². The number of carbonyl (C=O) groups excluding carboxylic acids is 3. The van der Waals surface area contributed by atoms with Crippen LogP contribution in [0.15, 0.2) is 24.3 Å². The van der Waals surface area contributed by atoms with Crippen molar-refractivity contribution in [3.05, 3.63) is 29.8 Å². The van der Waals surface area contributed by atoms with Gasteiger partial charge in [-0.15, -0.1) is 0 Å². The van der Waals surface area contributed by atoms with Crippen molar-refractivity contribution in [2.75, 3.05) is 18.5 Å². The zero-order valence-electron chi connectivity index (χ0n) is 22.0. The van der Waals surface area contributed by atoms with Gasteiger partial charge in [-0.1, -0.05) is 45.6 Å². The fourth-order valence-electron chi connectivity index (χ4n) is 3.16. The van der Waals surface area contributed by atoms with Crippen molar-refractivity contribution in [2.45, 2.75) is 77.4 Å². The smallest absolute Gasteiger partial charge is 0.407 e. The zero-order valence-corrected chi connectivity index (χ0v) is 23.0. The topological polar surface area (TPSA) is 175 Å². The molecule has 0 spiro atoms. The van der Waals surface area contributed by atoms with E-state index in [2.05, 4.69) is 40.9 Å². The first-order valence-electron chi connectivity index (χ1n) is 12.2. The molecule has 1 unspecified atom stereocenters. The summed E-state index contributed by atoms with van der Waals surface area (Å²) in [7, 11) is -1.37. The van der Waals surface area contributed by atoms with Gasteiger partial charge in [0.1, 0.15) is 12.1 Å². The molecule has 204 valence electrons. The minimum atomic E-state index is -1.37. The minimum Gasteiger partial charge on any atom is -0.450 e. The van der Waals surface area contributed by atoms with Crippen LogP contribution in [0.25, 0.3) is 0 Å². The van der Waals surface area contributed by atoms with Crippen LogP contribution in [0, 0.1) is 5.92 Å². The Kier molecular flexibility index (Phi) is 13.6. The van der Waals surface area contributed by atoms with Crippen LogP contribution in [0.3, 0.4) is 0 Å². The number of hydrogen-bond donors (Lipinski definition) is 7. The summed E-state index contributed by atoms with van der Waals surface area (Å²) in [5.74, 6) is -1.19. The highest BCUT2D eigenvalue weighted by Gasteiger charge is 2.29. The molecule has 3 amide bonds. The maximum atomic E-state index is 13.1. The number of alkyl carbamates (subject to hydrolysis) is 1. The summed E-state index contributed by atoms with van der Waals surface area (Å²) < 4.78 is 5.26. The number of rotatable bonds is 15. The Morgan fingerprint density at radius 1 is 1.06 bits per heavy atom. The summed E-state index contributed by atoms with van der Waals surface area (Å²) in [6.45, 7) is 10.6. The van der Waals surface area contributed by atoms with Crippen molar-refractivity contribution < 1.29 is 29.3 Å². The molecule has 0 heterocycles. The molecule has 0 saturated heterocycles. The molecular formula is C24H43N5O6Si. The molecule has 1 rings (SSSR count). The van der Waals surface area contributed by atoms with Gasteiger partial charge in [-0.05, 0) is 49.0 Å². The lowest BCUT2D eigenvalue weighted by atomic mass is 10.0. The van der Waals surface area contributed by atoms with Gasteiger partial charge in [0.25, 0.3) is 0 Å². The molecule has 0 aliphatic rings. The summed E-state index contributed by atoms with van der Waals surface area (Å²) in [4.78, 5) is 38.4. The van der Waals surface area contributed by atoms with Gasteiger partial charge in [-0.3, -0.25) is 20.6 Å². The molecule has 0 radical (unpaired) electrons. The Labute approximate surface area is 214 Å². The molecule has 3 atom stereocenters. The third-order valence-corrected chi connectivity index (χ3v) is 7.07. The molecule has 1 aromatic carbocycles. The standard InChI is InChI=1S/C24H43N5O6Si/c1-16(2)20(29-24(34)35-13-14-36(3,4)5)22(32)28-19(7-6-12-26-23(25)33)21(31)27-18-10-8-17(15-30)9-11-18/h8-11,16,19-20,23,26,30,33H,6-7,12-15,25H2,1-5H3,(H,27,31)(H,28,32)(H,29,34)/t19-,20-,23?/m0/s1. The molecule has 8 N–H and O–H groups in total. The van der Waals surface area contributed by atoms with E-state index in [0.29, 0.717) is 24.2 Å². The largest absolute Gasteiger partial charge is 0.450 e. The van der Waals surface area contributed by atoms with Crippen LogP contribution in [0.5, 0.6) is 0 Å². The highest BCUT2D eigenvalue weighted by Crippen LogP contribution is 2.12. The Bertz CT molecular complexity index is 829. The second-order valence-corrected chi connectivity index (χ2v) is 15.9. The fourth-order valence-corrected chi connectivity index (χ4v) is 3.88. The third kappa shape index (κ3) is 13.0. The van der Waals surface area contributed by atoms with E-state index >= 15 is 0 Å². The predicted molar refractivity (Wildman–Crippen MR) is 142 cm³/mol. The highest BCUT2D eigenvalue weighted by molar-refractivity contribution is 6.76. The van der Waals surface area contributed by atoms with E-state index in [1.807, 2.05) is 0 Å². The number of nitrogens with one attached hydrogen (secondary N) is 4. The van der Waals surface area contributed by atoms with Gasteiger partial charge in [-0.2, -0.15) is 0 Å². The van der Waals surface area contributed by atoms with E-state index in [0.717, 1.165) is 6.04 Å². The molecule has 0 fully saturated rings. The molecule has 0 aromatic heterocycles. The first-order valence-corrected chi connectivity index (χ1v) is 15.9. The normalized spacial score (nSPS) is 14.0. The van der Waals surface area contributed by atoms with Crippen LogP contribution in [0.4, 0.5) is 10.5 Å². The van der Waals surface area contributed by atoms with E-state index in [1.54, 1.807) is 38.1 Å². The van der Waals surface area contributed by atoms with Crippen LogP contribution < -0.4 is 27.0 Å². The quantitative estimate of drug-likeness (QED) is 0.102. The number of benzene rings is 1. The lowest BCUT2D eigenvalue weighted by Gasteiger charge is -2.25. The lowest BCUT2D eigenvalue weighted by Crippen LogP contribution is -2.54. The number of hydrogen-bond acceptors (Lipinski definition) is 8. The maximum absolute atomic E-state index is 13.1. The van der Waals surface area contributed by atoms with Crippen molar-refractivity contribution >= 4 is 31.7 Å². The summed E-state index contributed by atoms with van der Waals surface area (Å²) in [6, 6.07) is 5.69. The number of amides is 3. The summed E-state index contributed by atoms with van der Waals surface area (Å²) in [6.07, 6.45) is -1.15. The van der Waals surface area contributed by atoms with Crippen LogP contribution >= 0.6 is 0 Å². The van der Waals surface area contributed by atoms with Crippen LogP contribution in [0.2, 0.25) is 25.7 Å². The minimum absolute atomic E-state index is 0.114. The van der Waals surface area contributed by atoms with E-state index < -0.39 is 44.4 Å². The predicted octanol–water partition coefficient (Wildman–Crippen LogP) is 1.30. The average Bonchev–Trinajstić information content (AvgIpc) is 2.78. The molecule has 0 aliphatic carbocycles. The second-order valence-electron chi connectivity index (χ2n) is 10.3. The monoisotopic (exact) mass is 525 g/mol. The van der Waals surface area contributed by atoms with Crippen molar-refractivity contribution in [3.8, 4) is 0 Å². The van der Waals surface area contributed by atoms with Gasteiger partial charge < -0.3 is 30.9 Å². The van der Waals surface area contributed by atoms with Gasteiger partial charge in [0.15, 0.2) is 6.35 Å². The zero-order chi connectivity index (χ0) is 27.3. The van der Waals surface area contributed by atoms with E-state index in [4.69, 9.17) is 10.5 Å². The Morgan fingerprint density at radius 2 is 1.69 bits per heavy atom. The van der Waals surface area contributed by atoms with Crippen LogP contribution in [-0.4, -0.2) is 67.8 Å². The van der Waals surface area contributed by atoms with Gasteiger partial charge >= 0.3 is 6.09 Å². The SMILES string of the molecule is CC(C)[C@H](NC(=O)OCC[Si](C)(C)C)C(=O)N[C@@H](CCCNC(N)O)C(=O)Nc1ccc(CO)cc1. The van der Waals surface area contributed by atoms with E-state index in [-0.39, 0.29) is 25.6 Å². The maximum Gasteiger partial charge on any atom is 0.407 e. The number of anilines is 1. The lowest BCUT2D eigenvalue weighted by molar-refractivity contribution is -0.128. The first-order chi connectivity index (χ1) is 16.8. The Hall–Kier alpha value is -2.51. The number of aliphatic hydroxyl groups is 2. The average molecular weight is 526 g/mol. The number of nitrogens with two attached hydrogens (primary N) is 1. The van der Waals surface area contributed by atoms with Crippen molar-refractivity contribution in [2.24, 2.45) is 11.7 Å². The fraction of sp³-hybridized carbons (Fsp3) is 0.625. The number of carbonyl (C=O) groups is 3. The van der Waals surface area contributed by atoms with Gasteiger partial charge in [-0.25, -0.2) is 4.79 Å². The number of aliphatic hydroxyl groups excluding tert-OH is 2. The number of ether oxygens (including phenoxy) is 1. The van der Waals surface area contributed by atoms with Crippen molar-refractivity contribution in [3.63, 3.8) is 0 Å². The Morgan fingerprint density at radius 3 is 2.22 bits per heavy atom. The summed E-state index contributed by atoms with van der Waals surface area (Å²) >= 11 is 0. The molecular weight excluding hydrogens is 482 g/mol. The van der Waals surface area contributed by atoms with Gasteiger partial charge in [0.05, 0.1) is 13.2 Å². The van der Waals surface area contributed by atoms with Crippen molar-refractivity contribution in [1.29, 1.82) is 0 Å². The van der Waals surface area contributed by atoms with Gasteiger partial charge in [0, 0.05) is 13.8 Å². The molecule has 36 heavy (non-hydrogen) atoms. The Balaban J connectivity index is 2.85.